The van der Waals surface area contributed by atoms with E-state index in [0.717, 1.165) is 29.6 Å². The highest BCUT2D eigenvalue weighted by Crippen LogP contribution is 2.23. The summed E-state index contributed by atoms with van der Waals surface area (Å²) < 4.78 is 5.88. The minimum absolute atomic E-state index is 0.355. The topological polar surface area (TPSA) is 63.5 Å². The van der Waals surface area contributed by atoms with Crippen molar-refractivity contribution in [1.82, 2.24) is 5.43 Å². The summed E-state index contributed by atoms with van der Waals surface area (Å²) in [6.45, 7) is 2.08. The van der Waals surface area contributed by atoms with Crippen LogP contribution in [0.4, 0.5) is 0 Å². The van der Waals surface area contributed by atoms with Gasteiger partial charge in [-0.05, 0) is 38.0 Å². The smallest absolute Gasteiger partial charge is 0.179 e. The van der Waals surface area contributed by atoms with Crippen molar-refractivity contribution >= 4 is 16.8 Å². The van der Waals surface area contributed by atoms with Gasteiger partial charge in [0.25, 0.3) is 0 Å². The number of nitrogens with two attached hydrogens (primary N) is 1. The fraction of sp³-hybridized carbons (Fsp3) is 0.471. The summed E-state index contributed by atoms with van der Waals surface area (Å²) in [7, 11) is 0. The normalized spacial score (nSPS) is 17.9. The molecular weight excluding hydrogens is 262 g/mol. The van der Waals surface area contributed by atoms with E-state index in [4.69, 9.17) is 15.3 Å². The van der Waals surface area contributed by atoms with Crippen molar-refractivity contribution in [3.63, 3.8) is 0 Å². The Morgan fingerprint density at radius 2 is 1.95 bits per heavy atom. The molecule has 4 nitrogen and oxygen atoms in total. The molecule has 3 N–H and O–H groups in total. The molecule has 1 fully saturated rings. The highest BCUT2D eigenvalue weighted by molar-refractivity contribution is 5.99. The van der Waals surface area contributed by atoms with Crippen LogP contribution in [0.3, 0.4) is 0 Å². The number of rotatable bonds is 2. The zero-order chi connectivity index (χ0) is 14.7. The summed E-state index contributed by atoms with van der Waals surface area (Å²) in [6, 6.07) is 8.52. The number of benzene rings is 1. The molecule has 21 heavy (non-hydrogen) atoms. The van der Waals surface area contributed by atoms with Crippen molar-refractivity contribution in [3.8, 4) is 0 Å². The second-order valence-electron chi connectivity index (χ2n) is 5.92. The Morgan fingerprint density at radius 1 is 1.19 bits per heavy atom. The second-order valence-corrected chi connectivity index (χ2v) is 5.92. The van der Waals surface area contributed by atoms with Crippen molar-refractivity contribution in [3.05, 3.63) is 35.6 Å². The minimum atomic E-state index is 0.355. The Labute approximate surface area is 125 Å². The van der Waals surface area contributed by atoms with Crippen molar-refractivity contribution in [2.24, 2.45) is 10.8 Å². The van der Waals surface area contributed by atoms with Crippen molar-refractivity contribution in [1.29, 1.82) is 0 Å². The van der Waals surface area contributed by atoms with Gasteiger partial charge in [-0.3, -0.25) is 4.99 Å². The van der Waals surface area contributed by atoms with Crippen LogP contribution in [0.1, 0.15) is 49.8 Å². The molecule has 1 saturated carbocycles. The molecule has 0 bridgehead atoms. The number of hydrogen-bond donors (Lipinski definition) is 2. The summed E-state index contributed by atoms with van der Waals surface area (Å²) in [5.74, 6) is 7.06. The lowest BCUT2D eigenvalue weighted by Crippen LogP contribution is -2.32. The molecule has 1 aromatic carbocycles. The molecule has 0 atom stereocenters. The highest BCUT2D eigenvalue weighted by atomic mass is 16.3. The molecule has 0 saturated heterocycles. The molecule has 0 radical (unpaired) electrons. The molecule has 112 valence electrons. The van der Waals surface area contributed by atoms with E-state index in [-0.39, 0.29) is 0 Å². The Hall–Kier alpha value is -1.81. The SMILES string of the molecule is Cc1ccc2oc(C(=NC3CCCCCC3)NN)cc2c1. The van der Waals surface area contributed by atoms with Crippen LogP contribution in [0.15, 0.2) is 33.7 Å². The molecule has 1 heterocycles. The molecule has 0 aliphatic heterocycles. The maximum absolute atomic E-state index is 5.88. The van der Waals surface area contributed by atoms with E-state index in [9.17, 15) is 0 Å². The predicted octanol–water partition coefficient (Wildman–Crippen LogP) is 3.67. The van der Waals surface area contributed by atoms with E-state index in [1.54, 1.807) is 0 Å². The molecule has 3 rings (SSSR count). The maximum Gasteiger partial charge on any atom is 0.179 e. The third kappa shape index (κ3) is 3.27. The van der Waals surface area contributed by atoms with Gasteiger partial charge < -0.3 is 9.84 Å². The summed E-state index contributed by atoms with van der Waals surface area (Å²) in [4.78, 5) is 4.79. The van der Waals surface area contributed by atoms with E-state index in [2.05, 4.69) is 18.4 Å². The third-order valence-corrected chi connectivity index (χ3v) is 4.18. The van der Waals surface area contributed by atoms with Crippen LogP contribution < -0.4 is 11.3 Å². The zero-order valence-corrected chi connectivity index (χ0v) is 12.6. The summed E-state index contributed by atoms with van der Waals surface area (Å²) in [5.41, 5.74) is 4.81. The molecule has 0 amide bonds. The average Bonchev–Trinajstić information content (AvgIpc) is 2.72. The fourth-order valence-corrected chi connectivity index (χ4v) is 3.02. The summed E-state index contributed by atoms with van der Waals surface area (Å²) in [5, 5.41) is 1.09. The van der Waals surface area contributed by atoms with Crippen LogP contribution in [-0.2, 0) is 0 Å². The van der Waals surface area contributed by atoms with Gasteiger partial charge in [-0.25, -0.2) is 5.84 Å². The second kappa shape index (κ2) is 6.31. The standard InChI is InChI=1S/C17H23N3O/c1-12-8-9-15-13(10-12)11-16(21-15)17(20-18)19-14-6-4-2-3-5-7-14/h8-11,14H,2-7,18H2,1H3,(H,19,20). The maximum atomic E-state index is 5.88. The van der Waals surface area contributed by atoms with Gasteiger partial charge in [0.15, 0.2) is 11.6 Å². The van der Waals surface area contributed by atoms with E-state index in [0.29, 0.717) is 11.9 Å². The van der Waals surface area contributed by atoms with Gasteiger partial charge in [-0.15, -0.1) is 0 Å². The Kier molecular flexibility index (Phi) is 4.25. The van der Waals surface area contributed by atoms with Gasteiger partial charge in [0.1, 0.15) is 5.58 Å². The van der Waals surface area contributed by atoms with Gasteiger partial charge in [-0.1, -0.05) is 37.3 Å². The van der Waals surface area contributed by atoms with Gasteiger partial charge in [0.05, 0.1) is 6.04 Å². The Balaban J connectivity index is 1.89. The number of hydrogen-bond acceptors (Lipinski definition) is 3. The number of aliphatic imine (C=N–C) groups is 1. The summed E-state index contributed by atoms with van der Waals surface area (Å²) in [6.07, 6.45) is 7.44. The van der Waals surface area contributed by atoms with Crippen molar-refractivity contribution < 1.29 is 4.42 Å². The first-order valence-electron chi connectivity index (χ1n) is 7.81. The number of nitrogens with one attached hydrogen (secondary N) is 1. The lowest BCUT2D eigenvalue weighted by atomic mass is 10.1. The van der Waals surface area contributed by atoms with Gasteiger partial charge in [0, 0.05) is 5.39 Å². The van der Waals surface area contributed by atoms with Crippen LogP contribution in [0, 0.1) is 6.92 Å². The Bertz CT molecular complexity index is 637. The van der Waals surface area contributed by atoms with Crippen LogP contribution >= 0.6 is 0 Å². The largest absolute Gasteiger partial charge is 0.453 e. The number of hydrazine groups is 1. The number of fused-ring (bicyclic) bond motifs is 1. The van der Waals surface area contributed by atoms with Gasteiger partial charge >= 0.3 is 0 Å². The quantitative estimate of drug-likeness (QED) is 0.291. The van der Waals surface area contributed by atoms with Gasteiger partial charge in [0.2, 0.25) is 0 Å². The predicted molar refractivity (Wildman–Crippen MR) is 86.3 cm³/mol. The Morgan fingerprint density at radius 3 is 2.67 bits per heavy atom. The average molecular weight is 285 g/mol. The number of furan rings is 1. The molecule has 1 aliphatic carbocycles. The number of nitrogens with zero attached hydrogens (tertiary/aromatic N) is 1. The van der Waals surface area contributed by atoms with Crippen LogP contribution in [0.25, 0.3) is 11.0 Å². The van der Waals surface area contributed by atoms with E-state index in [1.807, 2.05) is 18.2 Å². The molecular formula is C17H23N3O. The van der Waals surface area contributed by atoms with Crippen molar-refractivity contribution in [2.45, 2.75) is 51.5 Å². The van der Waals surface area contributed by atoms with Crippen molar-refractivity contribution in [2.75, 3.05) is 0 Å². The number of aryl methyl sites for hydroxylation is 1. The number of amidine groups is 1. The van der Waals surface area contributed by atoms with Crippen LogP contribution in [0.2, 0.25) is 0 Å². The monoisotopic (exact) mass is 285 g/mol. The molecule has 1 aromatic heterocycles. The van der Waals surface area contributed by atoms with Crippen LogP contribution in [0.5, 0.6) is 0 Å². The minimum Gasteiger partial charge on any atom is -0.453 e. The fourth-order valence-electron chi connectivity index (χ4n) is 3.02. The van der Waals surface area contributed by atoms with E-state index in [1.165, 1.54) is 31.2 Å². The first-order valence-corrected chi connectivity index (χ1v) is 7.81. The van der Waals surface area contributed by atoms with E-state index >= 15 is 0 Å². The third-order valence-electron chi connectivity index (χ3n) is 4.18. The summed E-state index contributed by atoms with van der Waals surface area (Å²) >= 11 is 0. The lowest BCUT2D eigenvalue weighted by molar-refractivity contribution is 0.569. The molecule has 4 heteroatoms. The molecule has 0 unspecified atom stereocenters. The first-order chi connectivity index (χ1) is 10.3. The van der Waals surface area contributed by atoms with Gasteiger partial charge in [-0.2, -0.15) is 0 Å². The molecule has 2 aromatic rings. The highest BCUT2D eigenvalue weighted by Gasteiger charge is 2.15. The van der Waals surface area contributed by atoms with Crippen LogP contribution in [-0.4, -0.2) is 11.9 Å². The lowest BCUT2D eigenvalue weighted by Gasteiger charge is -2.10. The first kappa shape index (κ1) is 14.1. The molecule has 1 aliphatic rings. The molecule has 0 spiro atoms. The zero-order valence-electron chi connectivity index (χ0n) is 12.6. The van der Waals surface area contributed by atoms with E-state index < -0.39 is 0 Å².